The predicted molar refractivity (Wildman–Crippen MR) is 37.2 cm³/mol. The van der Waals surface area contributed by atoms with E-state index in [1.165, 1.54) is 0 Å². The fraction of sp³-hybridized carbons (Fsp3) is 1.00. The van der Waals surface area contributed by atoms with Crippen molar-refractivity contribution in [3.05, 3.63) is 0 Å². The van der Waals surface area contributed by atoms with Gasteiger partial charge in [-0.15, -0.1) is 0 Å². The van der Waals surface area contributed by atoms with E-state index in [1.807, 2.05) is 0 Å². The monoisotopic (exact) mass is 149 g/mol. The summed E-state index contributed by atoms with van der Waals surface area (Å²) < 4.78 is 15.1. The molecule has 10 heavy (non-hydrogen) atoms. The third kappa shape index (κ3) is 1.29. The topological polar surface area (TPSA) is 62.7 Å². The Balaban J connectivity index is 0.000000810. The van der Waals surface area contributed by atoms with Gasteiger partial charge in [-0.25, -0.2) is 0 Å². The average Bonchev–Trinajstić information content (AvgIpc) is 2.63. The van der Waals surface area contributed by atoms with Gasteiger partial charge in [0.15, 0.2) is 5.79 Å². The molecule has 0 aromatic carbocycles. The van der Waals surface area contributed by atoms with Crippen LogP contribution in [0.5, 0.6) is 0 Å². The van der Waals surface area contributed by atoms with Crippen LogP contribution in [0.2, 0.25) is 0 Å². The van der Waals surface area contributed by atoms with Crippen LogP contribution in [0.15, 0.2) is 0 Å². The van der Waals surface area contributed by atoms with Crippen LogP contribution in [0, 0.1) is 0 Å². The smallest absolute Gasteiger partial charge is 0.197 e. The van der Waals surface area contributed by atoms with Gasteiger partial charge in [0.05, 0.1) is 0 Å². The quantitative estimate of drug-likeness (QED) is 0.595. The number of rotatable bonds is 3. The first-order valence-corrected chi connectivity index (χ1v) is 2.92. The molecule has 0 heterocycles. The summed E-state index contributed by atoms with van der Waals surface area (Å²) in [5, 5.41) is 0. The van der Waals surface area contributed by atoms with Crippen molar-refractivity contribution in [1.82, 2.24) is 6.15 Å². The molecule has 4 heteroatoms. The van der Waals surface area contributed by atoms with Crippen molar-refractivity contribution in [2.24, 2.45) is 0 Å². The fourth-order valence-electron chi connectivity index (χ4n) is 0.975. The van der Waals surface area contributed by atoms with Crippen LogP contribution in [0.4, 0.5) is 0 Å². The summed E-state index contributed by atoms with van der Waals surface area (Å²) in [7, 11) is 4.91. The largest absolute Gasteiger partial charge is 0.376 e. The van der Waals surface area contributed by atoms with Gasteiger partial charge in [0, 0.05) is 27.8 Å². The highest BCUT2D eigenvalue weighted by atomic mass is 16.7. The molecular weight excluding hydrogens is 134 g/mol. The van der Waals surface area contributed by atoms with Crippen LogP contribution in [0.1, 0.15) is 6.42 Å². The summed E-state index contributed by atoms with van der Waals surface area (Å²) in [5.41, 5.74) is 0. The second kappa shape index (κ2) is 3.30. The third-order valence-corrected chi connectivity index (χ3v) is 1.78. The molecule has 1 unspecified atom stereocenters. The van der Waals surface area contributed by atoms with E-state index in [4.69, 9.17) is 14.2 Å². The lowest BCUT2D eigenvalue weighted by molar-refractivity contribution is -0.154. The van der Waals surface area contributed by atoms with Gasteiger partial charge < -0.3 is 20.4 Å². The highest BCUT2D eigenvalue weighted by Crippen LogP contribution is 2.41. The third-order valence-electron chi connectivity index (χ3n) is 1.78. The maximum absolute atomic E-state index is 5.05. The molecule has 1 rings (SSSR count). The molecule has 1 fully saturated rings. The average molecular weight is 149 g/mol. The van der Waals surface area contributed by atoms with Gasteiger partial charge in [-0.3, -0.25) is 0 Å². The van der Waals surface area contributed by atoms with Gasteiger partial charge in [0.25, 0.3) is 0 Å². The zero-order chi connectivity index (χ0) is 6.91. The molecule has 0 aliphatic heterocycles. The number of methoxy groups -OCH3 is 3. The fourth-order valence-corrected chi connectivity index (χ4v) is 0.975. The number of hydrogen-bond acceptors (Lipinski definition) is 4. The SMILES string of the molecule is COC1CC1(OC)OC.N. The van der Waals surface area contributed by atoms with Crippen LogP contribution in [0.25, 0.3) is 0 Å². The Hall–Kier alpha value is -0.160. The van der Waals surface area contributed by atoms with Crippen molar-refractivity contribution in [3.8, 4) is 0 Å². The Morgan fingerprint density at radius 1 is 1.20 bits per heavy atom. The van der Waals surface area contributed by atoms with Gasteiger partial charge in [0.2, 0.25) is 0 Å². The van der Waals surface area contributed by atoms with Gasteiger partial charge in [-0.2, -0.15) is 0 Å². The summed E-state index contributed by atoms with van der Waals surface area (Å²) in [4.78, 5) is 0. The first-order chi connectivity index (χ1) is 4.29. The zero-order valence-corrected chi connectivity index (χ0v) is 6.72. The van der Waals surface area contributed by atoms with E-state index in [0.29, 0.717) is 0 Å². The normalized spacial score (nSPS) is 27.3. The molecule has 1 aliphatic rings. The molecule has 3 N–H and O–H groups in total. The van der Waals surface area contributed by atoms with E-state index < -0.39 is 5.79 Å². The molecule has 1 aliphatic carbocycles. The minimum absolute atomic E-state index is 0. The molecule has 0 radical (unpaired) electrons. The molecule has 0 spiro atoms. The highest BCUT2D eigenvalue weighted by molar-refractivity contribution is 4.98. The molecule has 0 saturated heterocycles. The molecule has 1 saturated carbocycles. The number of hydrogen-bond donors (Lipinski definition) is 1. The maximum atomic E-state index is 5.05. The van der Waals surface area contributed by atoms with Gasteiger partial charge in [-0.05, 0) is 0 Å². The van der Waals surface area contributed by atoms with Crippen LogP contribution in [0.3, 0.4) is 0 Å². The van der Waals surface area contributed by atoms with Gasteiger partial charge in [-0.1, -0.05) is 0 Å². The molecule has 0 aromatic rings. The molecule has 0 bridgehead atoms. The minimum atomic E-state index is -0.422. The Morgan fingerprint density at radius 3 is 1.80 bits per heavy atom. The standard InChI is InChI=1S/C6H12O3.H3N/c1-7-5-4-6(5,8-2)9-3;/h5H,4H2,1-3H3;1H3. The van der Waals surface area contributed by atoms with Crippen molar-refractivity contribution in [2.45, 2.75) is 18.3 Å². The van der Waals surface area contributed by atoms with Crippen LogP contribution < -0.4 is 6.15 Å². The lowest BCUT2D eigenvalue weighted by Crippen LogP contribution is -2.20. The van der Waals surface area contributed by atoms with Crippen molar-refractivity contribution in [3.63, 3.8) is 0 Å². The highest BCUT2D eigenvalue weighted by Gasteiger charge is 2.57. The molecular formula is C6H15NO3. The Bertz CT molecular complexity index is 103. The van der Waals surface area contributed by atoms with Crippen LogP contribution in [-0.4, -0.2) is 33.2 Å². The summed E-state index contributed by atoms with van der Waals surface area (Å²) in [6.45, 7) is 0. The minimum Gasteiger partial charge on any atom is -0.376 e. The summed E-state index contributed by atoms with van der Waals surface area (Å²) in [5.74, 6) is -0.422. The van der Waals surface area contributed by atoms with E-state index in [2.05, 4.69) is 0 Å². The van der Waals surface area contributed by atoms with Crippen molar-refractivity contribution < 1.29 is 14.2 Å². The molecule has 0 aromatic heterocycles. The summed E-state index contributed by atoms with van der Waals surface area (Å²) >= 11 is 0. The summed E-state index contributed by atoms with van der Waals surface area (Å²) in [6.07, 6.45) is 0.976. The van der Waals surface area contributed by atoms with Crippen molar-refractivity contribution in [1.29, 1.82) is 0 Å². The number of ether oxygens (including phenoxy) is 3. The second-order valence-corrected chi connectivity index (χ2v) is 2.15. The maximum Gasteiger partial charge on any atom is 0.197 e. The molecule has 62 valence electrons. The molecule has 1 atom stereocenters. The first-order valence-electron chi connectivity index (χ1n) is 2.92. The summed E-state index contributed by atoms with van der Waals surface area (Å²) in [6, 6.07) is 0. The van der Waals surface area contributed by atoms with E-state index in [0.717, 1.165) is 6.42 Å². The molecule has 0 amide bonds. The Morgan fingerprint density at radius 2 is 1.70 bits per heavy atom. The van der Waals surface area contributed by atoms with E-state index in [1.54, 1.807) is 21.3 Å². The molecule has 4 nitrogen and oxygen atoms in total. The van der Waals surface area contributed by atoms with Crippen LogP contribution in [-0.2, 0) is 14.2 Å². The first kappa shape index (κ1) is 9.84. The second-order valence-electron chi connectivity index (χ2n) is 2.15. The van der Waals surface area contributed by atoms with Crippen molar-refractivity contribution >= 4 is 0 Å². The van der Waals surface area contributed by atoms with Crippen molar-refractivity contribution in [2.75, 3.05) is 21.3 Å². The van der Waals surface area contributed by atoms with E-state index in [9.17, 15) is 0 Å². The Kier molecular flexibility index (Phi) is 3.24. The van der Waals surface area contributed by atoms with E-state index >= 15 is 0 Å². The predicted octanol–water partition coefficient (Wildman–Crippen LogP) is 0.556. The van der Waals surface area contributed by atoms with Gasteiger partial charge >= 0.3 is 0 Å². The lowest BCUT2D eigenvalue weighted by atomic mass is 10.7. The van der Waals surface area contributed by atoms with Gasteiger partial charge in [0.1, 0.15) is 6.10 Å². The van der Waals surface area contributed by atoms with E-state index in [-0.39, 0.29) is 12.3 Å². The van der Waals surface area contributed by atoms with Crippen LogP contribution >= 0.6 is 0 Å². The lowest BCUT2D eigenvalue weighted by Gasteiger charge is -2.11. The Labute approximate surface area is 61.0 Å². The zero-order valence-electron chi connectivity index (χ0n) is 6.72.